The predicted octanol–water partition coefficient (Wildman–Crippen LogP) is 6.13. The highest BCUT2D eigenvalue weighted by atomic mass is 19.4. The lowest BCUT2D eigenvalue weighted by atomic mass is 10.0. The van der Waals surface area contributed by atoms with Gasteiger partial charge in [-0.15, -0.1) is 0 Å². The van der Waals surface area contributed by atoms with Crippen molar-refractivity contribution in [2.75, 3.05) is 11.9 Å². The topological polar surface area (TPSA) is 125 Å². The predicted molar refractivity (Wildman–Crippen MR) is 168 cm³/mol. The van der Waals surface area contributed by atoms with E-state index in [1.54, 1.807) is 6.92 Å². The molecule has 1 aliphatic rings. The van der Waals surface area contributed by atoms with Gasteiger partial charge >= 0.3 is 6.18 Å². The first-order valence-corrected chi connectivity index (χ1v) is 14.9. The van der Waals surface area contributed by atoms with Gasteiger partial charge in [-0.05, 0) is 63.8 Å². The van der Waals surface area contributed by atoms with Crippen LogP contribution in [0, 0.1) is 11.3 Å². The fourth-order valence-electron chi connectivity index (χ4n) is 5.08. The maximum absolute atomic E-state index is 13.7. The summed E-state index contributed by atoms with van der Waals surface area (Å²) in [4.78, 5) is 19.3. The number of rotatable bonds is 10. The molecule has 10 nitrogen and oxygen atoms in total. The first-order chi connectivity index (χ1) is 21.5. The van der Waals surface area contributed by atoms with Crippen molar-refractivity contribution in [3.05, 3.63) is 66.4 Å². The summed E-state index contributed by atoms with van der Waals surface area (Å²) < 4.78 is 43.6. The molecule has 0 amide bonds. The third kappa shape index (κ3) is 7.88. The van der Waals surface area contributed by atoms with Crippen LogP contribution in [0.4, 0.5) is 24.7 Å². The van der Waals surface area contributed by atoms with Crippen LogP contribution in [-0.4, -0.2) is 48.6 Å². The summed E-state index contributed by atoms with van der Waals surface area (Å²) in [6.07, 6.45) is 4.83. The molecule has 2 atom stereocenters. The second-order valence-electron chi connectivity index (χ2n) is 10.9. The third-order valence-electron chi connectivity index (χ3n) is 7.62. The van der Waals surface area contributed by atoms with Crippen molar-refractivity contribution < 1.29 is 18.0 Å². The Morgan fingerprint density at radius 2 is 2.07 bits per heavy atom. The van der Waals surface area contributed by atoms with Crippen LogP contribution in [-0.2, 0) is 23.9 Å². The molecule has 1 aliphatic heterocycles. The van der Waals surface area contributed by atoms with Gasteiger partial charge in [-0.3, -0.25) is 13.9 Å². The molecule has 1 aromatic carbocycles. The molecule has 5 rings (SSSR count). The minimum atomic E-state index is -4.69. The summed E-state index contributed by atoms with van der Waals surface area (Å²) in [5.74, 6) is 0.667. The lowest BCUT2D eigenvalue weighted by Crippen LogP contribution is -2.28. The van der Waals surface area contributed by atoms with E-state index in [1.165, 1.54) is 29.2 Å². The Labute approximate surface area is 260 Å². The van der Waals surface area contributed by atoms with Crippen LogP contribution in [0.5, 0.6) is 0 Å². The number of ketones is 1. The molecule has 1 fully saturated rings. The van der Waals surface area contributed by atoms with E-state index in [0.29, 0.717) is 17.5 Å². The molecule has 3 aromatic heterocycles. The largest absolute Gasteiger partial charge is 0.435 e. The van der Waals surface area contributed by atoms with Gasteiger partial charge in [-0.2, -0.15) is 23.5 Å². The van der Waals surface area contributed by atoms with Crippen LogP contribution in [0.2, 0.25) is 0 Å². The quantitative estimate of drug-likeness (QED) is 0.193. The number of benzene rings is 1. The van der Waals surface area contributed by atoms with Gasteiger partial charge in [0.2, 0.25) is 0 Å². The maximum atomic E-state index is 13.7. The van der Waals surface area contributed by atoms with Crippen molar-refractivity contribution in [2.24, 2.45) is 0 Å². The number of aromatic nitrogens is 5. The fourth-order valence-corrected chi connectivity index (χ4v) is 5.08. The summed E-state index contributed by atoms with van der Waals surface area (Å²) in [6.45, 7) is 12.8. The van der Waals surface area contributed by atoms with E-state index < -0.39 is 11.9 Å². The lowest BCUT2D eigenvalue weighted by Gasteiger charge is -2.19. The number of aryl methyl sites for hydroxylation is 1. The van der Waals surface area contributed by atoms with E-state index in [9.17, 15) is 18.0 Å². The number of nitriles is 1. The van der Waals surface area contributed by atoms with Gasteiger partial charge in [0, 0.05) is 41.6 Å². The average Bonchev–Trinajstić information content (AvgIpc) is 3.78. The zero-order valence-corrected chi connectivity index (χ0v) is 25.9. The van der Waals surface area contributed by atoms with Gasteiger partial charge in [-0.1, -0.05) is 26.5 Å². The standard InChI is InChI=1S/C26H27F3N8.C6H11NO/c1-5-16(3)33-17(4)20-8-7-19(13-18(20)6-2)34-24-25-32-14-22(37(25)12-10-31-24)21-15-36(11-9-30)35-23(21)26(27,28)29;1-5(8)6-3-2-4-7-6/h7-8,10,12-16,33H,4-6,11H2,1-3H3,(H,31,34);6-7H,2-4H2,1H3. The highest BCUT2D eigenvalue weighted by molar-refractivity contribution is 5.81. The number of hydrogen-bond donors (Lipinski definition) is 3. The van der Waals surface area contributed by atoms with E-state index in [0.717, 1.165) is 59.4 Å². The summed E-state index contributed by atoms with van der Waals surface area (Å²) >= 11 is 0. The van der Waals surface area contributed by atoms with Crippen LogP contribution in [0.25, 0.3) is 22.6 Å². The lowest BCUT2D eigenvalue weighted by molar-refractivity contribution is -0.141. The fraction of sp³-hybridized carbons (Fsp3) is 0.406. The van der Waals surface area contributed by atoms with Gasteiger partial charge in [0.1, 0.15) is 12.3 Å². The Bertz CT molecular complexity index is 1690. The summed E-state index contributed by atoms with van der Waals surface area (Å²) in [6, 6.07) is 8.17. The van der Waals surface area contributed by atoms with Crippen molar-refractivity contribution in [3.8, 4) is 17.3 Å². The molecule has 0 spiro atoms. The molecule has 4 heterocycles. The molecule has 1 saturated heterocycles. The Kier molecular flexibility index (Phi) is 10.6. The Morgan fingerprint density at radius 3 is 2.67 bits per heavy atom. The van der Waals surface area contributed by atoms with Crippen molar-refractivity contribution >= 4 is 28.6 Å². The SMILES string of the molecule is C=C(NC(C)CC)c1ccc(Nc2nccn3c(-c4cn(CC#N)nc4C(F)(F)F)cnc23)cc1CC.CC(=O)C1CCCN1. The first-order valence-electron chi connectivity index (χ1n) is 14.9. The second-order valence-corrected chi connectivity index (χ2v) is 10.9. The highest BCUT2D eigenvalue weighted by Gasteiger charge is 2.38. The summed E-state index contributed by atoms with van der Waals surface area (Å²) in [7, 11) is 0. The molecular weight excluding hydrogens is 583 g/mol. The zero-order valence-electron chi connectivity index (χ0n) is 25.9. The molecule has 0 saturated carbocycles. The van der Waals surface area contributed by atoms with E-state index in [4.69, 9.17) is 5.26 Å². The number of carbonyl (C=O) groups is 1. The molecule has 3 N–H and O–H groups in total. The van der Waals surface area contributed by atoms with Crippen molar-refractivity contribution in [2.45, 2.75) is 78.2 Å². The Morgan fingerprint density at radius 1 is 1.29 bits per heavy atom. The Balaban J connectivity index is 0.000000501. The van der Waals surface area contributed by atoms with Gasteiger partial charge < -0.3 is 16.0 Å². The molecule has 0 aliphatic carbocycles. The molecule has 0 bridgehead atoms. The zero-order chi connectivity index (χ0) is 32.7. The monoisotopic (exact) mass is 621 g/mol. The van der Waals surface area contributed by atoms with Gasteiger partial charge in [0.15, 0.2) is 17.2 Å². The van der Waals surface area contributed by atoms with E-state index >= 15 is 0 Å². The molecular formula is C32H38F3N9O. The highest BCUT2D eigenvalue weighted by Crippen LogP contribution is 2.37. The van der Waals surface area contributed by atoms with Crippen LogP contribution in [0.1, 0.15) is 63.8 Å². The minimum absolute atomic E-state index is 0.169. The number of nitrogens with zero attached hydrogens (tertiary/aromatic N) is 6. The number of hydrogen-bond acceptors (Lipinski definition) is 8. The number of Topliss-reactive ketones (excluding diaryl/α,β-unsaturated/α-hetero) is 1. The van der Waals surface area contributed by atoms with Crippen LogP contribution >= 0.6 is 0 Å². The van der Waals surface area contributed by atoms with E-state index in [-0.39, 0.29) is 29.6 Å². The number of imidazole rings is 1. The van der Waals surface area contributed by atoms with Crippen molar-refractivity contribution in [3.63, 3.8) is 0 Å². The van der Waals surface area contributed by atoms with Crippen LogP contribution in [0.15, 0.2) is 49.6 Å². The first kappa shape index (κ1) is 33.2. The van der Waals surface area contributed by atoms with Crippen molar-refractivity contribution in [1.29, 1.82) is 5.26 Å². The van der Waals surface area contributed by atoms with Gasteiger partial charge in [0.25, 0.3) is 0 Å². The number of fused-ring (bicyclic) bond motifs is 1. The third-order valence-corrected chi connectivity index (χ3v) is 7.62. The van der Waals surface area contributed by atoms with Crippen LogP contribution < -0.4 is 16.0 Å². The second kappa shape index (κ2) is 14.4. The Hall–Kier alpha value is -4.70. The summed E-state index contributed by atoms with van der Waals surface area (Å²) in [5.41, 5.74) is 3.02. The van der Waals surface area contributed by atoms with Crippen molar-refractivity contribution in [1.82, 2.24) is 34.8 Å². The number of carbonyl (C=O) groups excluding carboxylic acids is 1. The molecule has 45 heavy (non-hydrogen) atoms. The molecule has 13 heteroatoms. The molecule has 2 unspecified atom stereocenters. The molecule has 0 radical (unpaired) electrons. The normalized spacial score (nSPS) is 15.2. The minimum Gasteiger partial charge on any atom is -0.383 e. The van der Waals surface area contributed by atoms with Gasteiger partial charge in [-0.25, -0.2) is 9.97 Å². The van der Waals surface area contributed by atoms with E-state index in [2.05, 4.69) is 58.4 Å². The molecule has 238 valence electrons. The number of nitrogens with one attached hydrogen (secondary N) is 3. The average molecular weight is 622 g/mol. The molecule has 4 aromatic rings. The number of alkyl halides is 3. The summed E-state index contributed by atoms with van der Waals surface area (Å²) in [5, 5.41) is 22.2. The maximum Gasteiger partial charge on any atom is 0.435 e. The van der Waals surface area contributed by atoms with Gasteiger partial charge in [0.05, 0.1) is 29.6 Å². The number of halogens is 3. The smallest absolute Gasteiger partial charge is 0.383 e. The number of anilines is 2. The van der Waals surface area contributed by atoms with Crippen LogP contribution in [0.3, 0.4) is 0 Å². The van der Waals surface area contributed by atoms with E-state index in [1.807, 2.05) is 24.3 Å².